The quantitative estimate of drug-likeness (QED) is 0.314. The molecular formula is C28H36ClN5O4S. The molecular weight excluding hydrogens is 538 g/mol. The molecule has 1 aliphatic heterocycles. The zero-order chi connectivity index (χ0) is 28.2. The molecule has 1 aromatic heterocycles. The van der Waals surface area contributed by atoms with Crippen LogP contribution in [0.2, 0.25) is 5.02 Å². The van der Waals surface area contributed by atoms with Gasteiger partial charge in [0, 0.05) is 19.6 Å². The van der Waals surface area contributed by atoms with E-state index in [-0.39, 0.29) is 21.8 Å². The summed E-state index contributed by atoms with van der Waals surface area (Å²) < 4.78 is 37.5. The monoisotopic (exact) mass is 573 g/mol. The van der Waals surface area contributed by atoms with Crippen LogP contribution in [0.4, 0.5) is 23.1 Å². The van der Waals surface area contributed by atoms with Gasteiger partial charge in [-0.05, 0) is 70.0 Å². The van der Waals surface area contributed by atoms with Crippen molar-refractivity contribution in [3.05, 3.63) is 58.7 Å². The van der Waals surface area contributed by atoms with Crippen molar-refractivity contribution in [3.8, 4) is 5.75 Å². The normalized spacial score (nSPS) is 14.6. The molecule has 210 valence electrons. The van der Waals surface area contributed by atoms with Gasteiger partial charge in [0.2, 0.25) is 5.95 Å². The summed E-state index contributed by atoms with van der Waals surface area (Å²) in [6, 6.07) is 10.8. The highest BCUT2D eigenvalue weighted by Gasteiger charge is 2.23. The first-order valence-electron chi connectivity index (χ1n) is 13.0. The van der Waals surface area contributed by atoms with E-state index >= 15 is 0 Å². The number of anilines is 4. The Morgan fingerprint density at radius 3 is 2.49 bits per heavy atom. The van der Waals surface area contributed by atoms with Crippen LogP contribution in [-0.2, 0) is 21.1 Å². The van der Waals surface area contributed by atoms with Gasteiger partial charge < -0.3 is 20.1 Å². The van der Waals surface area contributed by atoms with E-state index in [0.29, 0.717) is 17.4 Å². The lowest BCUT2D eigenvalue weighted by Crippen LogP contribution is -2.35. The molecule has 9 nitrogen and oxygen atoms in total. The Kier molecular flexibility index (Phi) is 9.32. The molecule has 2 aromatic carbocycles. The minimum atomic E-state index is -3.53. The SMILES string of the molecule is Cc1cc(Nc2ncc(Cl)c(Nc3ccccc3S(=O)(=O)C(C)C)n2)c(OC(C)C)cc1CN1CCOCC1. The first kappa shape index (κ1) is 29.1. The number of aryl methyl sites for hydroxylation is 1. The van der Waals surface area contributed by atoms with Crippen molar-refractivity contribution < 1.29 is 17.9 Å². The third-order valence-corrected chi connectivity index (χ3v) is 8.84. The van der Waals surface area contributed by atoms with Gasteiger partial charge in [-0.2, -0.15) is 4.98 Å². The lowest BCUT2D eigenvalue weighted by molar-refractivity contribution is 0.0341. The highest BCUT2D eigenvalue weighted by Crippen LogP contribution is 2.34. The molecule has 39 heavy (non-hydrogen) atoms. The van der Waals surface area contributed by atoms with Crippen LogP contribution in [0.15, 0.2) is 47.5 Å². The fourth-order valence-electron chi connectivity index (χ4n) is 4.18. The molecule has 0 saturated carbocycles. The van der Waals surface area contributed by atoms with E-state index in [4.69, 9.17) is 21.1 Å². The second kappa shape index (κ2) is 12.5. The molecule has 0 amide bonds. The number of halogens is 1. The molecule has 1 fully saturated rings. The number of ether oxygens (including phenoxy) is 2. The maximum absolute atomic E-state index is 12.9. The summed E-state index contributed by atoms with van der Waals surface area (Å²) in [6.45, 7) is 13.4. The Hall–Kier alpha value is -2.92. The molecule has 0 aliphatic carbocycles. The van der Waals surface area contributed by atoms with Crippen LogP contribution in [0, 0.1) is 6.92 Å². The number of hydrogen-bond acceptors (Lipinski definition) is 9. The van der Waals surface area contributed by atoms with Crippen molar-refractivity contribution in [2.75, 3.05) is 36.9 Å². The van der Waals surface area contributed by atoms with Crippen molar-refractivity contribution >= 4 is 44.6 Å². The van der Waals surface area contributed by atoms with Crippen LogP contribution in [0.3, 0.4) is 0 Å². The third kappa shape index (κ3) is 7.19. The van der Waals surface area contributed by atoms with Crippen LogP contribution >= 0.6 is 11.6 Å². The fourth-order valence-corrected chi connectivity index (χ4v) is 5.52. The second-order valence-electron chi connectivity index (χ2n) is 10.1. The molecule has 2 heterocycles. The van der Waals surface area contributed by atoms with Crippen LogP contribution in [-0.4, -0.2) is 60.9 Å². The van der Waals surface area contributed by atoms with Crippen LogP contribution < -0.4 is 15.4 Å². The molecule has 0 radical (unpaired) electrons. The summed E-state index contributed by atoms with van der Waals surface area (Å²) in [5.74, 6) is 1.27. The van der Waals surface area contributed by atoms with E-state index in [2.05, 4.69) is 38.5 Å². The summed E-state index contributed by atoms with van der Waals surface area (Å²) >= 11 is 6.41. The van der Waals surface area contributed by atoms with Gasteiger partial charge in [-0.25, -0.2) is 13.4 Å². The van der Waals surface area contributed by atoms with Crippen molar-refractivity contribution in [1.82, 2.24) is 14.9 Å². The first-order chi connectivity index (χ1) is 18.5. The highest BCUT2D eigenvalue weighted by atomic mass is 35.5. The van der Waals surface area contributed by atoms with Crippen LogP contribution in [0.1, 0.15) is 38.8 Å². The van der Waals surface area contributed by atoms with E-state index in [1.165, 1.54) is 11.8 Å². The zero-order valence-corrected chi connectivity index (χ0v) is 24.6. The minimum absolute atomic E-state index is 0.0349. The Morgan fingerprint density at radius 1 is 1.08 bits per heavy atom. The summed E-state index contributed by atoms with van der Waals surface area (Å²) in [5.41, 5.74) is 3.41. The van der Waals surface area contributed by atoms with Gasteiger partial charge in [-0.1, -0.05) is 23.7 Å². The van der Waals surface area contributed by atoms with Gasteiger partial charge in [0.05, 0.1) is 47.0 Å². The Labute approximate surface area is 235 Å². The number of aromatic nitrogens is 2. The van der Waals surface area contributed by atoms with Gasteiger partial charge in [-0.15, -0.1) is 0 Å². The van der Waals surface area contributed by atoms with Gasteiger partial charge in [0.15, 0.2) is 15.7 Å². The second-order valence-corrected chi connectivity index (χ2v) is 12.9. The molecule has 1 saturated heterocycles. The zero-order valence-electron chi connectivity index (χ0n) is 23.0. The Morgan fingerprint density at radius 2 is 1.79 bits per heavy atom. The van der Waals surface area contributed by atoms with Crippen molar-refractivity contribution in [1.29, 1.82) is 0 Å². The Bertz CT molecular complexity index is 1410. The average molecular weight is 574 g/mol. The number of nitrogens with zero attached hydrogens (tertiary/aromatic N) is 3. The van der Waals surface area contributed by atoms with Gasteiger partial charge in [0.1, 0.15) is 10.8 Å². The standard InChI is InChI=1S/C28H36ClN5O4S/c1-18(2)38-25-15-21(17-34-10-12-37-13-11-34)20(5)14-24(25)32-28-30-16-22(29)27(33-28)31-23-8-6-7-9-26(23)39(35,36)19(3)4/h6-9,14-16,18-19H,10-13,17H2,1-5H3,(H2,30,31,32,33). The predicted octanol–water partition coefficient (Wildman–Crippen LogP) is 5.73. The largest absolute Gasteiger partial charge is 0.489 e. The summed E-state index contributed by atoms with van der Waals surface area (Å²) in [6.07, 6.45) is 1.44. The van der Waals surface area contributed by atoms with Crippen molar-refractivity contribution in [2.45, 2.75) is 57.4 Å². The number of hydrogen-bond donors (Lipinski definition) is 2. The van der Waals surface area contributed by atoms with E-state index < -0.39 is 15.1 Å². The Balaban J connectivity index is 1.63. The summed E-state index contributed by atoms with van der Waals surface area (Å²) in [7, 11) is -3.53. The maximum Gasteiger partial charge on any atom is 0.229 e. The number of morpholine rings is 1. The average Bonchev–Trinajstić information content (AvgIpc) is 2.89. The molecule has 11 heteroatoms. The van der Waals surface area contributed by atoms with Gasteiger partial charge in [0.25, 0.3) is 0 Å². The molecule has 4 rings (SSSR count). The van der Waals surface area contributed by atoms with Crippen molar-refractivity contribution in [2.24, 2.45) is 0 Å². The molecule has 0 spiro atoms. The number of rotatable bonds is 10. The molecule has 1 aliphatic rings. The van der Waals surface area contributed by atoms with E-state index in [9.17, 15) is 8.42 Å². The molecule has 0 bridgehead atoms. The van der Waals surface area contributed by atoms with E-state index in [1.54, 1.807) is 38.1 Å². The van der Waals surface area contributed by atoms with E-state index in [1.807, 2.05) is 19.9 Å². The summed E-state index contributed by atoms with van der Waals surface area (Å²) in [5, 5.41) is 6.04. The maximum atomic E-state index is 12.9. The summed E-state index contributed by atoms with van der Waals surface area (Å²) in [4.78, 5) is 11.5. The number of para-hydroxylation sites is 1. The number of sulfone groups is 1. The van der Waals surface area contributed by atoms with Gasteiger partial charge >= 0.3 is 0 Å². The number of benzene rings is 2. The number of nitrogens with one attached hydrogen (secondary N) is 2. The van der Waals surface area contributed by atoms with Gasteiger partial charge in [-0.3, -0.25) is 4.90 Å². The van der Waals surface area contributed by atoms with Crippen molar-refractivity contribution in [3.63, 3.8) is 0 Å². The molecule has 2 N–H and O–H groups in total. The van der Waals surface area contributed by atoms with Crippen LogP contribution in [0.5, 0.6) is 5.75 Å². The topological polar surface area (TPSA) is 106 Å². The lowest BCUT2D eigenvalue weighted by atomic mass is 10.1. The smallest absolute Gasteiger partial charge is 0.229 e. The van der Waals surface area contributed by atoms with E-state index in [0.717, 1.165) is 44.1 Å². The fraction of sp³-hybridized carbons (Fsp3) is 0.429. The third-order valence-electron chi connectivity index (χ3n) is 6.36. The highest BCUT2D eigenvalue weighted by molar-refractivity contribution is 7.92. The van der Waals surface area contributed by atoms with Crippen LogP contribution in [0.25, 0.3) is 0 Å². The molecule has 0 atom stereocenters. The first-order valence-corrected chi connectivity index (χ1v) is 15.0. The minimum Gasteiger partial charge on any atom is -0.489 e. The lowest BCUT2D eigenvalue weighted by Gasteiger charge is -2.28. The predicted molar refractivity (Wildman–Crippen MR) is 155 cm³/mol. The molecule has 0 unspecified atom stereocenters. The molecule has 3 aromatic rings.